The van der Waals surface area contributed by atoms with Gasteiger partial charge in [0.1, 0.15) is 16.5 Å². The summed E-state index contributed by atoms with van der Waals surface area (Å²) in [7, 11) is 1.29. The Labute approximate surface area is 139 Å². The highest BCUT2D eigenvalue weighted by atomic mass is 32.2. The van der Waals surface area contributed by atoms with E-state index >= 15 is 0 Å². The molecule has 0 atom stereocenters. The Hall–Kier alpha value is -2.40. The Morgan fingerprint density at radius 1 is 1.30 bits per heavy atom. The van der Waals surface area contributed by atoms with Gasteiger partial charge in [-0.25, -0.2) is 19.7 Å². The van der Waals surface area contributed by atoms with Crippen molar-refractivity contribution in [3.63, 3.8) is 0 Å². The number of thioether (sulfide) groups is 1. The third kappa shape index (κ3) is 4.53. The lowest BCUT2D eigenvalue weighted by molar-refractivity contribution is -0.113. The van der Waals surface area contributed by atoms with Crippen molar-refractivity contribution in [2.45, 2.75) is 12.1 Å². The standard InChI is InChI=1S/C12H14N6O3S2/c1-5-9(10(20)21-2)23-12(15-5)18-8(19)4-22-11-16-6(13)3-7(14)17-11/h3H,4H2,1-2H3,(H,15,18,19)(H4,13,14,16,17). The number of anilines is 3. The molecule has 0 saturated carbocycles. The molecule has 2 rings (SSSR count). The third-order valence-electron chi connectivity index (χ3n) is 2.49. The SMILES string of the molecule is COC(=O)c1sc(NC(=O)CSc2nc(N)cc(N)n2)nc1C. The summed E-state index contributed by atoms with van der Waals surface area (Å²) >= 11 is 2.14. The molecule has 0 aliphatic carbocycles. The summed E-state index contributed by atoms with van der Waals surface area (Å²) in [5.41, 5.74) is 11.6. The van der Waals surface area contributed by atoms with Gasteiger partial charge in [-0.1, -0.05) is 23.1 Å². The molecule has 122 valence electrons. The van der Waals surface area contributed by atoms with Crippen molar-refractivity contribution in [1.29, 1.82) is 0 Å². The van der Waals surface area contributed by atoms with Gasteiger partial charge in [0.15, 0.2) is 10.3 Å². The highest BCUT2D eigenvalue weighted by Crippen LogP contribution is 2.24. The first-order chi connectivity index (χ1) is 10.9. The highest BCUT2D eigenvalue weighted by Gasteiger charge is 2.17. The van der Waals surface area contributed by atoms with Crippen molar-refractivity contribution < 1.29 is 14.3 Å². The van der Waals surface area contributed by atoms with Crippen LogP contribution in [-0.2, 0) is 9.53 Å². The normalized spacial score (nSPS) is 10.3. The van der Waals surface area contributed by atoms with E-state index in [0.29, 0.717) is 20.9 Å². The number of thiazole rings is 1. The minimum Gasteiger partial charge on any atom is -0.465 e. The van der Waals surface area contributed by atoms with Crippen molar-refractivity contribution in [2.24, 2.45) is 0 Å². The van der Waals surface area contributed by atoms with E-state index in [0.717, 1.165) is 23.1 Å². The zero-order valence-electron chi connectivity index (χ0n) is 12.3. The fourth-order valence-electron chi connectivity index (χ4n) is 1.54. The van der Waals surface area contributed by atoms with Gasteiger partial charge in [-0.05, 0) is 6.92 Å². The zero-order chi connectivity index (χ0) is 17.0. The summed E-state index contributed by atoms with van der Waals surface area (Å²) in [6, 6.07) is 1.43. The number of nitrogens with two attached hydrogens (primary N) is 2. The number of aryl methyl sites for hydroxylation is 1. The van der Waals surface area contributed by atoms with Crippen molar-refractivity contribution in [3.05, 3.63) is 16.6 Å². The molecular weight excluding hydrogens is 340 g/mol. The van der Waals surface area contributed by atoms with Crippen LogP contribution in [-0.4, -0.2) is 39.7 Å². The maximum atomic E-state index is 11.9. The van der Waals surface area contributed by atoms with Crippen LogP contribution in [0, 0.1) is 6.92 Å². The Morgan fingerprint density at radius 2 is 1.96 bits per heavy atom. The van der Waals surface area contributed by atoms with E-state index in [-0.39, 0.29) is 23.3 Å². The first-order valence-electron chi connectivity index (χ1n) is 6.27. The van der Waals surface area contributed by atoms with Crippen LogP contribution in [0.3, 0.4) is 0 Å². The number of esters is 1. The topological polar surface area (TPSA) is 146 Å². The summed E-state index contributed by atoms with van der Waals surface area (Å²) in [6.45, 7) is 1.66. The number of amides is 1. The molecule has 0 spiro atoms. The van der Waals surface area contributed by atoms with Crippen LogP contribution in [0.2, 0.25) is 0 Å². The molecule has 0 bridgehead atoms. The second kappa shape index (κ2) is 7.24. The average molecular weight is 354 g/mol. The van der Waals surface area contributed by atoms with Gasteiger partial charge >= 0.3 is 5.97 Å². The molecule has 0 aliphatic heterocycles. The summed E-state index contributed by atoms with van der Waals surface area (Å²) < 4.78 is 4.64. The van der Waals surface area contributed by atoms with Crippen LogP contribution >= 0.6 is 23.1 Å². The van der Waals surface area contributed by atoms with Gasteiger partial charge in [-0.15, -0.1) is 0 Å². The second-order valence-corrected chi connectivity index (χ2v) is 6.20. The predicted octanol–water partition coefficient (Wildman–Crippen LogP) is 0.923. The number of carbonyl (C=O) groups excluding carboxylic acids is 2. The van der Waals surface area contributed by atoms with Crippen LogP contribution in [0.15, 0.2) is 11.2 Å². The van der Waals surface area contributed by atoms with Gasteiger partial charge in [0.2, 0.25) is 5.91 Å². The second-order valence-electron chi connectivity index (χ2n) is 4.26. The van der Waals surface area contributed by atoms with Gasteiger partial charge in [0.25, 0.3) is 0 Å². The number of aromatic nitrogens is 3. The summed E-state index contributed by atoms with van der Waals surface area (Å²) in [6.07, 6.45) is 0. The van der Waals surface area contributed by atoms with Crippen LogP contribution < -0.4 is 16.8 Å². The quantitative estimate of drug-likeness (QED) is 0.405. The van der Waals surface area contributed by atoms with Crippen LogP contribution in [0.25, 0.3) is 0 Å². The van der Waals surface area contributed by atoms with Gasteiger partial charge in [0, 0.05) is 6.07 Å². The van der Waals surface area contributed by atoms with E-state index in [9.17, 15) is 9.59 Å². The molecule has 2 aromatic heterocycles. The molecule has 2 aromatic rings. The molecule has 0 unspecified atom stereocenters. The summed E-state index contributed by atoms with van der Waals surface area (Å²) in [4.78, 5) is 35.8. The lowest BCUT2D eigenvalue weighted by Crippen LogP contribution is -2.14. The van der Waals surface area contributed by atoms with Crippen LogP contribution in [0.5, 0.6) is 0 Å². The zero-order valence-corrected chi connectivity index (χ0v) is 14.0. The number of hydrogen-bond acceptors (Lipinski definition) is 10. The Morgan fingerprint density at radius 3 is 2.57 bits per heavy atom. The Kier molecular flexibility index (Phi) is 5.34. The number of nitrogens with one attached hydrogen (secondary N) is 1. The minimum atomic E-state index is -0.487. The van der Waals surface area contributed by atoms with E-state index in [1.54, 1.807) is 6.92 Å². The third-order valence-corrected chi connectivity index (χ3v) is 4.39. The van der Waals surface area contributed by atoms with E-state index in [1.165, 1.54) is 13.2 Å². The van der Waals surface area contributed by atoms with Crippen molar-refractivity contribution in [2.75, 3.05) is 29.6 Å². The number of nitrogens with zero attached hydrogens (tertiary/aromatic N) is 3. The Balaban J connectivity index is 1.96. The first-order valence-corrected chi connectivity index (χ1v) is 8.07. The molecule has 0 aliphatic rings. The van der Waals surface area contributed by atoms with Gasteiger partial charge in [-0.2, -0.15) is 0 Å². The molecule has 11 heteroatoms. The molecule has 2 heterocycles. The van der Waals surface area contributed by atoms with Crippen molar-refractivity contribution in [1.82, 2.24) is 15.0 Å². The fraction of sp³-hybridized carbons (Fsp3) is 0.250. The number of nitrogen functional groups attached to an aromatic ring is 2. The maximum absolute atomic E-state index is 11.9. The monoisotopic (exact) mass is 354 g/mol. The maximum Gasteiger partial charge on any atom is 0.350 e. The summed E-state index contributed by atoms with van der Waals surface area (Å²) in [5.74, 6) is -0.282. The lowest BCUT2D eigenvalue weighted by Gasteiger charge is -2.02. The molecule has 5 N–H and O–H groups in total. The van der Waals surface area contributed by atoms with E-state index in [2.05, 4.69) is 25.0 Å². The van der Waals surface area contributed by atoms with Gasteiger partial charge in [-0.3, -0.25) is 4.79 Å². The van der Waals surface area contributed by atoms with Gasteiger partial charge < -0.3 is 21.5 Å². The highest BCUT2D eigenvalue weighted by molar-refractivity contribution is 7.99. The van der Waals surface area contributed by atoms with Crippen LogP contribution in [0.4, 0.5) is 16.8 Å². The minimum absolute atomic E-state index is 0.0507. The molecule has 0 fully saturated rings. The van der Waals surface area contributed by atoms with Crippen molar-refractivity contribution in [3.8, 4) is 0 Å². The molecule has 0 radical (unpaired) electrons. The Bertz CT molecular complexity index is 728. The number of hydrogen-bond donors (Lipinski definition) is 3. The van der Waals surface area contributed by atoms with Gasteiger partial charge in [0.05, 0.1) is 18.6 Å². The smallest absolute Gasteiger partial charge is 0.350 e. The average Bonchev–Trinajstić information content (AvgIpc) is 2.84. The summed E-state index contributed by atoms with van der Waals surface area (Å²) in [5, 5.41) is 3.23. The largest absolute Gasteiger partial charge is 0.465 e. The molecule has 1 amide bonds. The first kappa shape index (κ1) is 17.0. The predicted molar refractivity (Wildman–Crippen MR) is 88.4 cm³/mol. The molecule has 9 nitrogen and oxygen atoms in total. The number of methoxy groups -OCH3 is 1. The number of carbonyl (C=O) groups is 2. The van der Waals surface area contributed by atoms with E-state index in [1.807, 2.05) is 0 Å². The van der Waals surface area contributed by atoms with E-state index in [4.69, 9.17) is 11.5 Å². The van der Waals surface area contributed by atoms with E-state index < -0.39 is 5.97 Å². The lowest BCUT2D eigenvalue weighted by atomic mass is 10.4. The molecule has 0 aromatic carbocycles. The number of ether oxygens (including phenoxy) is 1. The fourth-order valence-corrected chi connectivity index (χ4v) is 3.12. The molecule has 0 saturated heterocycles. The molecular formula is C12H14N6O3S2. The van der Waals surface area contributed by atoms with Crippen LogP contribution in [0.1, 0.15) is 15.4 Å². The number of rotatable bonds is 5. The van der Waals surface area contributed by atoms with Crippen molar-refractivity contribution >= 4 is 51.7 Å². The molecule has 23 heavy (non-hydrogen) atoms.